The maximum atomic E-state index is 14.2. The molecule has 3 unspecified atom stereocenters. The lowest BCUT2D eigenvalue weighted by molar-refractivity contribution is -0.0363. The Morgan fingerprint density at radius 3 is 1.22 bits per heavy atom. The second kappa shape index (κ2) is 22.9. The fourth-order valence-electron chi connectivity index (χ4n) is 12.8. The van der Waals surface area contributed by atoms with Crippen molar-refractivity contribution < 1.29 is 84.7 Å². The summed E-state index contributed by atoms with van der Waals surface area (Å²) in [4.78, 5) is 33.4. The zero-order valence-corrected chi connectivity index (χ0v) is 48.1. The summed E-state index contributed by atoms with van der Waals surface area (Å²) in [6, 6.07) is 45.2. The van der Waals surface area contributed by atoms with E-state index >= 15 is 0 Å². The Labute approximate surface area is 486 Å². The molecule has 10 aromatic carbocycles. The van der Waals surface area contributed by atoms with E-state index in [-0.39, 0.29) is 32.5 Å². The Morgan fingerprint density at radius 2 is 0.800 bits per heavy atom. The minimum atomic E-state index is -5.16. The number of aliphatic hydroxyl groups is 2. The van der Waals surface area contributed by atoms with Gasteiger partial charge in [-0.2, -0.15) is 0 Å². The predicted molar refractivity (Wildman–Crippen MR) is 319 cm³/mol. The molecular formula is C64H57O18P3. The minimum Gasteiger partial charge on any atom is -0.394 e. The first kappa shape index (κ1) is 56.8. The van der Waals surface area contributed by atoms with Gasteiger partial charge < -0.3 is 43.8 Å². The van der Waals surface area contributed by atoms with Crippen molar-refractivity contribution >= 4 is 110 Å². The highest BCUT2D eigenvalue weighted by atomic mass is 31.2. The molecule has 10 aromatic rings. The molecule has 0 bridgehead atoms. The third-order valence-corrected chi connectivity index (χ3v) is 19.7. The van der Waals surface area contributed by atoms with E-state index in [0.29, 0.717) is 17.5 Å². The van der Waals surface area contributed by atoms with E-state index in [4.69, 9.17) is 46.1 Å². The Bertz CT molecular complexity index is 4400. The zero-order valence-electron chi connectivity index (χ0n) is 45.4. The van der Waals surface area contributed by atoms with Gasteiger partial charge in [-0.15, -0.1) is 0 Å². The third kappa shape index (κ3) is 11.2. The first-order chi connectivity index (χ1) is 41.2. The number of ether oxygens (including phenoxy) is 4. The number of hydrogen-bond donors (Lipinski definition) is 5. The average molecular weight is 1210 g/mol. The van der Waals surface area contributed by atoms with Crippen LogP contribution in [0, 0.1) is 23.7 Å². The van der Waals surface area contributed by atoms with Crippen LogP contribution in [0.3, 0.4) is 0 Å². The zero-order chi connectivity index (χ0) is 58.2. The van der Waals surface area contributed by atoms with Gasteiger partial charge in [0.25, 0.3) is 0 Å². The van der Waals surface area contributed by atoms with E-state index in [1.807, 2.05) is 72.8 Å². The number of aliphatic hydroxyl groups excluding tert-OH is 2. The number of benzene rings is 10. The number of phosphoric acid groups is 3. The van der Waals surface area contributed by atoms with Crippen molar-refractivity contribution in [1.82, 2.24) is 0 Å². The van der Waals surface area contributed by atoms with Crippen molar-refractivity contribution in [1.29, 1.82) is 0 Å². The summed E-state index contributed by atoms with van der Waals surface area (Å²) < 4.78 is 97.8. The predicted octanol–water partition coefficient (Wildman–Crippen LogP) is 10.9. The lowest BCUT2D eigenvalue weighted by Gasteiger charge is -2.25. The SMILES string of the molecule is O=P(O)(OC[C@H]1O[C@@H](C#Cc2ccc3c4cccc5cccc(c6cccc2c63)c54)C[C@@H]1OP(=O)(O)OC[C@H]1O[C@@H](C#Cc2ccc3c4cccc5cccc(c6cccc2c63)c54)C[C@@H]1OP(=O)(O)OC[C@H]1OCC[C@@H]1O)O[C@H]1CCO[C@@H]1CO. The quantitative estimate of drug-likeness (QED) is 0.0261. The Morgan fingerprint density at radius 1 is 0.435 bits per heavy atom. The van der Waals surface area contributed by atoms with Gasteiger partial charge in [0.05, 0.1) is 32.5 Å². The summed E-state index contributed by atoms with van der Waals surface area (Å²) in [6.45, 7) is -1.87. The molecule has 21 heteroatoms. The van der Waals surface area contributed by atoms with Crippen molar-refractivity contribution in [2.75, 3.05) is 39.6 Å². The van der Waals surface area contributed by atoms with Crippen LogP contribution in [-0.2, 0) is 59.8 Å². The Kier molecular flexibility index (Phi) is 15.3. The molecule has 0 spiro atoms. The van der Waals surface area contributed by atoms with E-state index < -0.39 is 111 Å². The number of phosphoric ester groups is 3. The van der Waals surface area contributed by atoms with Crippen LogP contribution in [0.25, 0.3) is 86.2 Å². The molecule has 0 aromatic heterocycles. The summed E-state index contributed by atoms with van der Waals surface area (Å²) >= 11 is 0. The summed E-state index contributed by atoms with van der Waals surface area (Å²) in [7, 11) is -14.9. The molecule has 18 nitrogen and oxygen atoms in total. The third-order valence-electron chi connectivity index (χ3n) is 16.7. The normalized spacial score (nSPS) is 26.6. The monoisotopic (exact) mass is 1210 g/mol. The van der Waals surface area contributed by atoms with Gasteiger partial charge >= 0.3 is 23.5 Å². The molecule has 14 rings (SSSR count). The first-order valence-electron chi connectivity index (χ1n) is 28.2. The number of rotatable bonds is 16. The highest BCUT2D eigenvalue weighted by Gasteiger charge is 2.46. The lowest BCUT2D eigenvalue weighted by atomic mass is 9.88. The molecule has 4 saturated heterocycles. The molecule has 5 N–H and O–H groups in total. The topological polar surface area (TPSA) is 245 Å². The minimum absolute atomic E-state index is 0.0982. The van der Waals surface area contributed by atoms with Crippen LogP contribution in [0.4, 0.5) is 0 Å². The molecule has 0 radical (unpaired) electrons. The first-order valence-corrected chi connectivity index (χ1v) is 32.6. The van der Waals surface area contributed by atoms with Gasteiger partial charge in [0.1, 0.15) is 54.9 Å². The molecular weight excluding hydrogens is 1150 g/mol. The molecule has 4 heterocycles. The number of fused-ring (bicyclic) bond motifs is 4. The summed E-state index contributed by atoms with van der Waals surface area (Å²) in [6.07, 6.45) is -10.4. The van der Waals surface area contributed by atoms with Crippen LogP contribution in [-0.4, -0.2) is 126 Å². The Hall–Kier alpha value is -5.99. The van der Waals surface area contributed by atoms with Crippen LogP contribution in [0.15, 0.2) is 133 Å². The highest BCUT2D eigenvalue weighted by Crippen LogP contribution is 2.53. The summed E-state index contributed by atoms with van der Waals surface area (Å²) in [5.74, 6) is 12.8. The van der Waals surface area contributed by atoms with Gasteiger partial charge in [0, 0.05) is 43.6 Å². The van der Waals surface area contributed by atoms with Gasteiger partial charge in [-0.05, 0) is 105 Å². The maximum Gasteiger partial charge on any atom is 0.472 e. The maximum absolute atomic E-state index is 14.2. The molecule has 4 aliphatic heterocycles. The molecule has 0 saturated carbocycles. The van der Waals surface area contributed by atoms with Crippen molar-refractivity contribution in [3.63, 3.8) is 0 Å². The highest BCUT2D eigenvalue weighted by molar-refractivity contribution is 7.48. The van der Waals surface area contributed by atoms with Gasteiger partial charge in [-0.3, -0.25) is 27.1 Å². The fourth-order valence-corrected chi connectivity index (χ4v) is 15.7. The molecule has 4 aliphatic rings. The molecule has 4 fully saturated rings. The Balaban J connectivity index is 0.725. The van der Waals surface area contributed by atoms with E-state index in [1.165, 1.54) is 10.8 Å². The van der Waals surface area contributed by atoms with Crippen LogP contribution < -0.4 is 0 Å². The summed E-state index contributed by atoms with van der Waals surface area (Å²) in [5.41, 5.74) is 1.39. The average Bonchev–Trinajstić information content (AvgIpc) is 2.32. The van der Waals surface area contributed by atoms with Crippen molar-refractivity contribution in [2.45, 2.75) is 86.7 Å². The van der Waals surface area contributed by atoms with E-state index in [9.17, 15) is 38.6 Å². The fraction of sp³-hybridized carbons (Fsp3) is 0.312. The van der Waals surface area contributed by atoms with Crippen LogP contribution in [0.1, 0.15) is 36.8 Å². The lowest BCUT2D eigenvalue weighted by Crippen LogP contribution is -2.31. The van der Waals surface area contributed by atoms with Crippen molar-refractivity contribution in [2.24, 2.45) is 0 Å². The van der Waals surface area contributed by atoms with Crippen LogP contribution in [0.2, 0.25) is 0 Å². The van der Waals surface area contributed by atoms with Crippen LogP contribution >= 0.6 is 23.5 Å². The number of hydrogen-bond acceptors (Lipinski definition) is 15. The molecule has 0 aliphatic carbocycles. The smallest absolute Gasteiger partial charge is 0.394 e. The van der Waals surface area contributed by atoms with E-state index in [1.54, 1.807) is 0 Å². The van der Waals surface area contributed by atoms with Crippen LogP contribution in [0.5, 0.6) is 0 Å². The van der Waals surface area contributed by atoms with Gasteiger partial charge in [0.2, 0.25) is 0 Å². The molecule has 0 amide bonds. The summed E-state index contributed by atoms with van der Waals surface area (Å²) in [5, 5.41) is 37.3. The van der Waals surface area contributed by atoms with E-state index in [2.05, 4.69) is 84.3 Å². The van der Waals surface area contributed by atoms with Gasteiger partial charge in [0.15, 0.2) is 0 Å². The molecule has 436 valence electrons. The van der Waals surface area contributed by atoms with Gasteiger partial charge in [-0.25, -0.2) is 13.7 Å². The van der Waals surface area contributed by atoms with Gasteiger partial charge in [-0.1, -0.05) is 145 Å². The molecule has 85 heavy (non-hydrogen) atoms. The standard InChI is InChI=1S/C64H57O18P3/c65-33-57-54(28-30-73-57)80-83(67,68)76-35-59-56(32-42(78-59)24-20-38-22-26-52-48-16-4-10-40-8-2-14-46(62(40)48)50-18-6-12-44(38)64(50)52)82-85(71,72)77-36-60-55(81-84(69,70)75-34-58-53(66)27-29-74-58)31-41(79-60)23-19-37-21-25-51-47-15-3-9-39-7-1-13-45(61(39)47)49-17-5-11-43(37)63(49)51/h1-18,21-22,25-26,41-42,53-60,65-66H,27-36H2,(H,67,68)(H,69,70)(H,71,72)/t41-,42-,53-,54-,55-,56-,57+,58+,59+,60+/m0/s1. The second-order valence-electron chi connectivity index (χ2n) is 21.9. The van der Waals surface area contributed by atoms with E-state index in [0.717, 1.165) is 75.4 Å². The second-order valence-corrected chi connectivity index (χ2v) is 26.1. The largest absolute Gasteiger partial charge is 0.472 e. The molecule has 13 atom stereocenters. The van der Waals surface area contributed by atoms with Crippen molar-refractivity contribution in [3.05, 3.63) is 145 Å². The van der Waals surface area contributed by atoms with Crippen molar-refractivity contribution in [3.8, 4) is 23.7 Å².